The number of benzene rings is 2. The summed E-state index contributed by atoms with van der Waals surface area (Å²) >= 11 is 0. The Bertz CT molecular complexity index is 955. The van der Waals surface area contributed by atoms with Gasteiger partial charge in [0.1, 0.15) is 0 Å². The maximum Gasteiger partial charge on any atom is 0.296 e. The molecule has 7 heteroatoms. The highest BCUT2D eigenvalue weighted by Gasteiger charge is 2.29. The molecule has 0 spiro atoms. The van der Waals surface area contributed by atoms with Crippen LogP contribution in [-0.4, -0.2) is 45.8 Å². The molecule has 1 heterocycles. The molecule has 0 unspecified atom stereocenters. The Morgan fingerprint density at radius 3 is 2.63 bits per heavy atom. The lowest BCUT2D eigenvalue weighted by Crippen LogP contribution is -2.30. The molecular formula is C23H28N4O3. The molecule has 0 atom stereocenters. The second-order valence-electron chi connectivity index (χ2n) is 7.38. The fourth-order valence-corrected chi connectivity index (χ4v) is 3.35. The van der Waals surface area contributed by atoms with Crippen molar-refractivity contribution in [2.75, 3.05) is 18.3 Å². The summed E-state index contributed by atoms with van der Waals surface area (Å²) < 4.78 is 0. The number of unbranched alkanes of at least 4 members (excludes halogenated alkanes) is 1. The Hall–Kier alpha value is -3.03. The van der Waals surface area contributed by atoms with E-state index in [9.17, 15) is 10.0 Å². The molecule has 0 aromatic heterocycles. The number of nitrogens with zero attached hydrogens (tertiary/aromatic N) is 4. The highest BCUT2D eigenvalue weighted by Crippen LogP contribution is 2.19. The Morgan fingerprint density at radius 1 is 1.07 bits per heavy atom. The third-order valence-corrected chi connectivity index (χ3v) is 5.11. The minimum absolute atomic E-state index is 0.0796. The standard InChI is InChI=1S/C23H28N4O3/c1-17-8-3-4-10-20(17)13-12-19-9-7-11-21(16-19)27(30)25-22-18(2)24-26(23(22)29)14-5-6-15-28/h3-4,7-11,16,28,30H,5-6,12-15H2,1-2H3. The van der Waals surface area contributed by atoms with Gasteiger partial charge in [-0.3, -0.25) is 10.0 Å². The quantitative estimate of drug-likeness (QED) is 0.492. The molecule has 2 aromatic rings. The van der Waals surface area contributed by atoms with Gasteiger partial charge in [0, 0.05) is 13.2 Å². The van der Waals surface area contributed by atoms with E-state index in [4.69, 9.17) is 5.11 Å². The number of carbonyl (C=O) groups excluding carboxylic acids is 1. The summed E-state index contributed by atoms with van der Waals surface area (Å²) in [4.78, 5) is 12.5. The predicted molar refractivity (Wildman–Crippen MR) is 118 cm³/mol. The second kappa shape index (κ2) is 10.1. The van der Waals surface area contributed by atoms with Crippen molar-refractivity contribution in [3.8, 4) is 0 Å². The molecule has 158 valence electrons. The number of carbonyl (C=O) groups is 1. The van der Waals surface area contributed by atoms with Crippen LogP contribution in [0.5, 0.6) is 0 Å². The monoisotopic (exact) mass is 408 g/mol. The van der Waals surface area contributed by atoms with Gasteiger partial charge in [0.25, 0.3) is 5.91 Å². The average molecular weight is 409 g/mol. The first-order chi connectivity index (χ1) is 14.5. The maximum absolute atomic E-state index is 12.5. The number of hydrazone groups is 2. The van der Waals surface area contributed by atoms with Crippen LogP contribution in [0.15, 0.2) is 58.7 Å². The van der Waals surface area contributed by atoms with Crippen molar-refractivity contribution in [1.82, 2.24) is 5.01 Å². The van der Waals surface area contributed by atoms with Crippen molar-refractivity contribution in [3.05, 3.63) is 65.2 Å². The van der Waals surface area contributed by atoms with Crippen LogP contribution in [0.4, 0.5) is 5.69 Å². The average Bonchev–Trinajstić information content (AvgIpc) is 3.01. The topological polar surface area (TPSA) is 88.7 Å². The molecule has 3 rings (SSSR count). The van der Waals surface area contributed by atoms with E-state index in [1.54, 1.807) is 13.0 Å². The Kier molecular flexibility index (Phi) is 7.32. The third-order valence-electron chi connectivity index (χ3n) is 5.11. The number of hydrogen-bond donors (Lipinski definition) is 2. The van der Waals surface area contributed by atoms with E-state index in [-0.39, 0.29) is 18.2 Å². The van der Waals surface area contributed by atoms with Crippen LogP contribution in [-0.2, 0) is 17.6 Å². The van der Waals surface area contributed by atoms with Gasteiger partial charge in [-0.1, -0.05) is 36.4 Å². The van der Waals surface area contributed by atoms with Gasteiger partial charge in [0.2, 0.25) is 0 Å². The number of aliphatic hydroxyl groups is 1. The van der Waals surface area contributed by atoms with Crippen molar-refractivity contribution < 1.29 is 15.1 Å². The van der Waals surface area contributed by atoms with Gasteiger partial charge in [-0.15, -0.1) is 10.3 Å². The molecule has 0 saturated heterocycles. The molecule has 0 saturated carbocycles. The summed E-state index contributed by atoms with van der Waals surface area (Å²) in [6.07, 6.45) is 2.99. The maximum atomic E-state index is 12.5. The molecule has 1 aliphatic heterocycles. The lowest BCUT2D eigenvalue weighted by Gasteiger charge is -2.14. The summed E-state index contributed by atoms with van der Waals surface area (Å²) in [7, 11) is 0. The molecule has 1 aliphatic rings. The Labute approximate surface area is 176 Å². The van der Waals surface area contributed by atoms with E-state index in [1.807, 2.05) is 30.3 Å². The molecule has 2 N–H and O–H groups in total. The molecule has 1 amide bonds. The molecule has 0 aliphatic carbocycles. The van der Waals surface area contributed by atoms with Crippen LogP contribution in [0, 0.1) is 6.92 Å². The molecular weight excluding hydrogens is 380 g/mol. The van der Waals surface area contributed by atoms with Crippen LogP contribution >= 0.6 is 0 Å². The van der Waals surface area contributed by atoms with E-state index >= 15 is 0 Å². The first kappa shape index (κ1) is 21.7. The molecule has 0 fully saturated rings. The molecule has 2 aromatic carbocycles. The fourth-order valence-electron chi connectivity index (χ4n) is 3.35. The van der Waals surface area contributed by atoms with Crippen molar-refractivity contribution in [2.24, 2.45) is 10.2 Å². The second-order valence-corrected chi connectivity index (χ2v) is 7.38. The van der Waals surface area contributed by atoms with Crippen LogP contribution in [0.2, 0.25) is 0 Å². The fraction of sp³-hybridized carbons (Fsp3) is 0.348. The van der Waals surface area contributed by atoms with Gasteiger partial charge in [-0.25, -0.2) is 5.01 Å². The van der Waals surface area contributed by atoms with Crippen LogP contribution in [0.3, 0.4) is 0 Å². The first-order valence-corrected chi connectivity index (χ1v) is 10.2. The van der Waals surface area contributed by atoms with Gasteiger partial charge in [-0.2, -0.15) is 5.10 Å². The summed E-state index contributed by atoms with van der Waals surface area (Å²) in [5.74, 6) is -0.347. The number of aryl methyl sites for hydroxylation is 3. The Balaban J connectivity index is 1.67. The van der Waals surface area contributed by atoms with Crippen molar-refractivity contribution >= 4 is 23.0 Å². The van der Waals surface area contributed by atoms with Crippen molar-refractivity contribution in [3.63, 3.8) is 0 Å². The normalized spacial score (nSPS) is 15.1. The van der Waals surface area contributed by atoms with Gasteiger partial charge in [0.15, 0.2) is 5.71 Å². The summed E-state index contributed by atoms with van der Waals surface area (Å²) in [6.45, 7) is 4.29. The molecule has 0 bridgehead atoms. The van der Waals surface area contributed by atoms with Gasteiger partial charge in [-0.05, 0) is 68.4 Å². The van der Waals surface area contributed by atoms with E-state index in [0.29, 0.717) is 30.8 Å². The lowest BCUT2D eigenvalue weighted by atomic mass is 10.0. The largest absolute Gasteiger partial charge is 0.396 e. The molecule has 7 nitrogen and oxygen atoms in total. The zero-order chi connectivity index (χ0) is 21.5. The van der Waals surface area contributed by atoms with E-state index in [0.717, 1.165) is 23.6 Å². The van der Waals surface area contributed by atoms with Crippen LogP contribution in [0.25, 0.3) is 0 Å². The summed E-state index contributed by atoms with van der Waals surface area (Å²) in [6, 6.07) is 15.8. The SMILES string of the molecule is CC1=NN(CCCCO)C(=O)C1=NN(O)c1cccc(CCc2ccccc2C)c1. The number of hydrogen-bond acceptors (Lipinski definition) is 6. The lowest BCUT2D eigenvalue weighted by molar-refractivity contribution is -0.123. The van der Waals surface area contributed by atoms with Gasteiger partial charge < -0.3 is 5.11 Å². The number of rotatable bonds is 9. The molecule has 30 heavy (non-hydrogen) atoms. The number of aliphatic hydroxyl groups excluding tert-OH is 1. The zero-order valence-electron chi connectivity index (χ0n) is 17.5. The predicted octanol–water partition coefficient (Wildman–Crippen LogP) is 3.32. The smallest absolute Gasteiger partial charge is 0.296 e. The highest BCUT2D eigenvalue weighted by atomic mass is 16.5. The van der Waals surface area contributed by atoms with Gasteiger partial charge in [0.05, 0.1) is 11.4 Å². The van der Waals surface area contributed by atoms with E-state index < -0.39 is 0 Å². The minimum atomic E-state index is -0.347. The summed E-state index contributed by atoms with van der Waals surface area (Å²) in [5.41, 5.74) is 4.70. The third kappa shape index (κ3) is 5.31. The first-order valence-electron chi connectivity index (χ1n) is 10.2. The van der Waals surface area contributed by atoms with Crippen molar-refractivity contribution in [2.45, 2.75) is 39.5 Å². The van der Waals surface area contributed by atoms with Gasteiger partial charge >= 0.3 is 0 Å². The zero-order valence-corrected chi connectivity index (χ0v) is 17.5. The number of amides is 1. The Morgan fingerprint density at radius 2 is 1.87 bits per heavy atom. The van der Waals surface area contributed by atoms with E-state index in [1.165, 1.54) is 16.1 Å². The van der Waals surface area contributed by atoms with E-state index in [2.05, 4.69) is 29.3 Å². The van der Waals surface area contributed by atoms with Crippen LogP contribution in [0.1, 0.15) is 36.5 Å². The summed E-state index contributed by atoms with van der Waals surface area (Å²) in [5, 5.41) is 29.7. The van der Waals surface area contributed by atoms with Crippen LogP contribution < -0.4 is 5.17 Å². The molecule has 0 radical (unpaired) electrons. The minimum Gasteiger partial charge on any atom is -0.396 e. The number of anilines is 1. The van der Waals surface area contributed by atoms with Crippen molar-refractivity contribution in [1.29, 1.82) is 0 Å². The highest BCUT2D eigenvalue weighted by molar-refractivity contribution is 6.68.